The predicted molar refractivity (Wildman–Crippen MR) is 113 cm³/mol. The molecule has 4 nitrogen and oxygen atoms in total. The first-order chi connectivity index (χ1) is 14.1. The van der Waals surface area contributed by atoms with Crippen LogP contribution >= 0.6 is 0 Å². The van der Waals surface area contributed by atoms with Crippen LogP contribution in [0.2, 0.25) is 0 Å². The molecule has 0 aliphatic rings. The number of para-hydroxylation sites is 3. The fourth-order valence-corrected chi connectivity index (χ4v) is 3.50. The Morgan fingerprint density at radius 3 is 2.52 bits per heavy atom. The number of anilines is 1. The highest BCUT2D eigenvalue weighted by atomic mass is 19.1. The van der Waals surface area contributed by atoms with Crippen LogP contribution in [0.1, 0.15) is 11.1 Å². The zero-order valence-corrected chi connectivity index (χ0v) is 16.1. The van der Waals surface area contributed by atoms with E-state index in [2.05, 4.69) is 9.88 Å². The predicted octanol–water partition coefficient (Wildman–Crippen LogP) is 5.02. The topological polar surface area (TPSA) is 43.3 Å². The Bertz CT molecular complexity index is 1150. The Hall–Kier alpha value is -3.60. The van der Waals surface area contributed by atoms with E-state index >= 15 is 0 Å². The smallest absolute Gasteiger partial charge is 0.228 e. The van der Waals surface area contributed by atoms with E-state index in [1.807, 2.05) is 54.7 Å². The van der Waals surface area contributed by atoms with E-state index in [1.165, 1.54) is 12.1 Å². The first kappa shape index (κ1) is 18.7. The van der Waals surface area contributed by atoms with Crippen LogP contribution in [0.5, 0.6) is 5.75 Å². The summed E-state index contributed by atoms with van der Waals surface area (Å²) in [6.45, 7) is 0.606. The molecule has 4 aromatic rings. The standard InChI is InChI=1S/C24H21FN2O2/c1-29-23-9-5-3-7-21(23)26-24(28)14-18-16-27(22-8-4-2-6-20(18)22)15-17-10-12-19(25)13-11-17/h2-13,16H,14-15H2,1H3,(H,26,28). The lowest BCUT2D eigenvalue weighted by Crippen LogP contribution is -2.14. The Balaban J connectivity index is 1.59. The minimum atomic E-state index is -0.250. The number of hydrogen-bond donors (Lipinski definition) is 1. The molecule has 3 aromatic carbocycles. The summed E-state index contributed by atoms with van der Waals surface area (Å²) < 4.78 is 20.6. The lowest BCUT2D eigenvalue weighted by Gasteiger charge is -2.09. The molecule has 29 heavy (non-hydrogen) atoms. The molecular weight excluding hydrogens is 367 g/mol. The number of ether oxygens (including phenoxy) is 1. The molecule has 1 heterocycles. The average molecular weight is 388 g/mol. The quantitative estimate of drug-likeness (QED) is 0.504. The minimum Gasteiger partial charge on any atom is -0.495 e. The zero-order chi connectivity index (χ0) is 20.2. The van der Waals surface area contributed by atoms with Crippen molar-refractivity contribution in [2.45, 2.75) is 13.0 Å². The van der Waals surface area contributed by atoms with E-state index in [0.717, 1.165) is 22.0 Å². The number of amides is 1. The molecule has 1 aromatic heterocycles. The number of nitrogens with one attached hydrogen (secondary N) is 1. The van der Waals surface area contributed by atoms with Gasteiger partial charge in [-0.05, 0) is 41.5 Å². The van der Waals surface area contributed by atoms with Gasteiger partial charge in [-0.15, -0.1) is 0 Å². The highest BCUT2D eigenvalue weighted by Gasteiger charge is 2.13. The summed E-state index contributed by atoms with van der Waals surface area (Å²) in [6, 6.07) is 21.8. The average Bonchev–Trinajstić information content (AvgIpc) is 3.07. The summed E-state index contributed by atoms with van der Waals surface area (Å²) in [5.74, 6) is 0.263. The summed E-state index contributed by atoms with van der Waals surface area (Å²) in [5, 5.41) is 3.96. The van der Waals surface area contributed by atoms with Crippen LogP contribution in [0.25, 0.3) is 10.9 Å². The van der Waals surface area contributed by atoms with Crippen molar-refractivity contribution < 1.29 is 13.9 Å². The maximum atomic E-state index is 13.2. The molecule has 0 saturated heterocycles. The van der Waals surface area contributed by atoms with Gasteiger partial charge in [0.15, 0.2) is 0 Å². The van der Waals surface area contributed by atoms with Crippen molar-refractivity contribution in [1.29, 1.82) is 0 Å². The lowest BCUT2D eigenvalue weighted by molar-refractivity contribution is -0.115. The lowest BCUT2D eigenvalue weighted by atomic mass is 10.1. The molecule has 0 atom stereocenters. The van der Waals surface area contributed by atoms with Crippen molar-refractivity contribution in [1.82, 2.24) is 4.57 Å². The molecule has 146 valence electrons. The van der Waals surface area contributed by atoms with E-state index < -0.39 is 0 Å². The van der Waals surface area contributed by atoms with E-state index in [-0.39, 0.29) is 18.1 Å². The van der Waals surface area contributed by atoms with Crippen molar-refractivity contribution in [3.8, 4) is 5.75 Å². The molecule has 0 aliphatic carbocycles. The van der Waals surface area contributed by atoms with Crippen LogP contribution in [0.3, 0.4) is 0 Å². The van der Waals surface area contributed by atoms with E-state index in [9.17, 15) is 9.18 Å². The normalized spacial score (nSPS) is 10.8. The number of methoxy groups -OCH3 is 1. The first-order valence-electron chi connectivity index (χ1n) is 9.38. The molecule has 1 N–H and O–H groups in total. The second-order valence-corrected chi connectivity index (χ2v) is 6.85. The SMILES string of the molecule is COc1ccccc1NC(=O)Cc1cn(Cc2ccc(F)cc2)c2ccccc12. The summed E-state index contributed by atoms with van der Waals surface area (Å²) in [5.41, 5.74) is 3.62. The molecule has 0 fully saturated rings. The Labute approximate surface area is 168 Å². The van der Waals surface area contributed by atoms with Gasteiger partial charge in [-0.25, -0.2) is 4.39 Å². The van der Waals surface area contributed by atoms with Crippen LogP contribution in [0, 0.1) is 5.82 Å². The van der Waals surface area contributed by atoms with Gasteiger partial charge in [-0.2, -0.15) is 0 Å². The Kier molecular flexibility index (Phi) is 5.29. The van der Waals surface area contributed by atoms with Gasteiger partial charge in [-0.1, -0.05) is 42.5 Å². The monoisotopic (exact) mass is 388 g/mol. The Morgan fingerprint density at radius 1 is 1.00 bits per heavy atom. The van der Waals surface area contributed by atoms with Crippen LogP contribution in [0.4, 0.5) is 10.1 Å². The number of nitrogens with zero attached hydrogens (tertiary/aromatic N) is 1. The summed E-state index contributed by atoms with van der Waals surface area (Å²) >= 11 is 0. The minimum absolute atomic E-state index is 0.112. The number of halogens is 1. The number of aromatic nitrogens is 1. The molecule has 0 spiro atoms. The van der Waals surface area contributed by atoms with Gasteiger partial charge in [0.2, 0.25) is 5.91 Å². The number of carbonyl (C=O) groups is 1. The summed E-state index contributed by atoms with van der Waals surface area (Å²) in [7, 11) is 1.58. The van der Waals surface area contributed by atoms with Crippen LogP contribution in [-0.4, -0.2) is 17.6 Å². The molecular formula is C24H21FN2O2. The van der Waals surface area contributed by atoms with Crippen molar-refractivity contribution >= 4 is 22.5 Å². The van der Waals surface area contributed by atoms with Gasteiger partial charge in [0.1, 0.15) is 11.6 Å². The molecule has 0 unspecified atom stereocenters. The van der Waals surface area contributed by atoms with E-state index in [0.29, 0.717) is 18.0 Å². The molecule has 0 aliphatic heterocycles. The van der Waals surface area contributed by atoms with Gasteiger partial charge in [0.05, 0.1) is 19.2 Å². The molecule has 0 saturated carbocycles. The van der Waals surface area contributed by atoms with Crippen molar-refractivity contribution in [3.05, 3.63) is 95.9 Å². The van der Waals surface area contributed by atoms with E-state index in [1.54, 1.807) is 19.2 Å². The summed E-state index contributed by atoms with van der Waals surface area (Å²) in [6.07, 6.45) is 2.24. The van der Waals surface area contributed by atoms with Crippen molar-refractivity contribution in [2.24, 2.45) is 0 Å². The highest BCUT2D eigenvalue weighted by molar-refractivity contribution is 5.96. The fourth-order valence-electron chi connectivity index (χ4n) is 3.50. The van der Waals surface area contributed by atoms with Gasteiger partial charge in [-0.3, -0.25) is 4.79 Å². The van der Waals surface area contributed by atoms with Crippen molar-refractivity contribution in [2.75, 3.05) is 12.4 Å². The van der Waals surface area contributed by atoms with Gasteiger partial charge < -0.3 is 14.6 Å². The second-order valence-electron chi connectivity index (χ2n) is 6.85. The molecule has 0 bridgehead atoms. The van der Waals surface area contributed by atoms with Crippen LogP contribution < -0.4 is 10.1 Å². The first-order valence-corrected chi connectivity index (χ1v) is 9.38. The third-order valence-corrected chi connectivity index (χ3v) is 4.87. The largest absolute Gasteiger partial charge is 0.495 e. The zero-order valence-electron chi connectivity index (χ0n) is 16.1. The third-order valence-electron chi connectivity index (χ3n) is 4.87. The summed E-state index contributed by atoms with van der Waals surface area (Å²) in [4.78, 5) is 12.7. The highest BCUT2D eigenvalue weighted by Crippen LogP contribution is 2.26. The molecule has 4 rings (SSSR count). The number of hydrogen-bond acceptors (Lipinski definition) is 2. The molecule has 5 heteroatoms. The maximum absolute atomic E-state index is 13.2. The van der Waals surface area contributed by atoms with Crippen LogP contribution in [-0.2, 0) is 17.8 Å². The van der Waals surface area contributed by atoms with E-state index in [4.69, 9.17) is 4.74 Å². The van der Waals surface area contributed by atoms with Gasteiger partial charge in [0.25, 0.3) is 0 Å². The van der Waals surface area contributed by atoms with Crippen LogP contribution in [0.15, 0.2) is 79.0 Å². The fraction of sp³-hybridized carbons (Fsp3) is 0.125. The number of benzene rings is 3. The van der Waals surface area contributed by atoms with Crippen molar-refractivity contribution in [3.63, 3.8) is 0 Å². The van der Waals surface area contributed by atoms with Gasteiger partial charge >= 0.3 is 0 Å². The number of carbonyl (C=O) groups excluding carboxylic acids is 1. The maximum Gasteiger partial charge on any atom is 0.228 e. The third kappa shape index (κ3) is 4.14. The number of rotatable bonds is 6. The Morgan fingerprint density at radius 2 is 1.72 bits per heavy atom. The molecule has 1 amide bonds. The molecule has 0 radical (unpaired) electrons. The number of fused-ring (bicyclic) bond motifs is 1. The van der Waals surface area contributed by atoms with Gasteiger partial charge in [0, 0.05) is 23.6 Å². The second kappa shape index (κ2) is 8.19.